The predicted molar refractivity (Wildman–Crippen MR) is 100 cm³/mol. The van der Waals surface area contributed by atoms with Crippen molar-refractivity contribution in [2.45, 2.75) is 39.0 Å². The van der Waals surface area contributed by atoms with Gasteiger partial charge in [-0.05, 0) is 29.7 Å². The molecule has 4 rings (SSSR count). The zero-order valence-corrected chi connectivity index (χ0v) is 15.5. The number of benzene rings is 2. The lowest BCUT2D eigenvalue weighted by Gasteiger charge is -2.38. The summed E-state index contributed by atoms with van der Waals surface area (Å²) in [7, 11) is 0. The third kappa shape index (κ3) is 2.84. The average Bonchev–Trinajstić information content (AvgIpc) is 3.01. The number of hydrogen-bond acceptors (Lipinski definition) is 3. The molecule has 0 saturated heterocycles. The summed E-state index contributed by atoms with van der Waals surface area (Å²) in [6.45, 7) is 4.46. The van der Waals surface area contributed by atoms with E-state index in [1.807, 2.05) is 6.07 Å². The van der Waals surface area contributed by atoms with Crippen LogP contribution >= 0.6 is 15.9 Å². The molecule has 0 amide bonds. The van der Waals surface area contributed by atoms with Crippen LogP contribution in [0.2, 0.25) is 0 Å². The van der Waals surface area contributed by atoms with Gasteiger partial charge >= 0.3 is 0 Å². The molecule has 0 N–H and O–H groups in total. The minimum absolute atomic E-state index is 0.0119. The van der Waals surface area contributed by atoms with Crippen molar-refractivity contribution in [2.75, 3.05) is 0 Å². The summed E-state index contributed by atoms with van der Waals surface area (Å²) < 4.78 is 7.36. The standard InChI is InChI=1S/C20H21BrN2O/c1-13(2)11-20-23-18(16-5-3-4-6-19(16)24-20)12-17(22-23)14-7-9-15(21)10-8-14/h3-10,13,18,20H,11-12H2,1-2H3/t18-,20+/m1/s1. The molecule has 0 bridgehead atoms. The SMILES string of the molecule is CC(C)C[C@@H]1Oc2ccccc2[C@H]2CC(c3ccc(Br)cc3)=NN12. The second kappa shape index (κ2) is 6.25. The zero-order chi connectivity index (χ0) is 16.7. The highest BCUT2D eigenvalue weighted by atomic mass is 79.9. The Morgan fingerprint density at radius 1 is 1.17 bits per heavy atom. The van der Waals surface area contributed by atoms with Crippen LogP contribution in [0.1, 0.15) is 43.9 Å². The number of rotatable bonds is 3. The summed E-state index contributed by atoms with van der Waals surface area (Å²) in [4.78, 5) is 0. The van der Waals surface area contributed by atoms with E-state index in [0.29, 0.717) is 5.92 Å². The molecule has 124 valence electrons. The summed E-state index contributed by atoms with van der Waals surface area (Å²) in [5.41, 5.74) is 3.57. The summed E-state index contributed by atoms with van der Waals surface area (Å²) >= 11 is 3.50. The molecule has 2 aromatic rings. The van der Waals surface area contributed by atoms with Crippen LogP contribution in [0.5, 0.6) is 5.75 Å². The monoisotopic (exact) mass is 384 g/mol. The molecule has 2 aliphatic heterocycles. The Hall–Kier alpha value is -1.81. The van der Waals surface area contributed by atoms with Crippen molar-refractivity contribution < 1.29 is 4.74 Å². The van der Waals surface area contributed by atoms with Crippen molar-refractivity contribution in [2.24, 2.45) is 11.0 Å². The highest BCUT2D eigenvalue weighted by Crippen LogP contribution is 2.44. The van der Waals surface area contributed by atoms with E-state index in [9.17, 15) is 0 Å². The van der Waals surface area contributed by atoms with Gasteiger partial charge in [-0.3, -0.25) is 5.01 Å². The van der Waals surface area contributed by atoms with Gasteiger partial charge in [-0.25, -0.2) is 0 Å². The Labute approximate surface area is 151 Å². The third-order valence-electron chi connectivity index (χ3n) is 4.63. The summed E-state index contributed by atoms with van der Waals surface area (Å²) in [5.74, 6) is 1.57. The smallest absolute Gasteiger partial charge is 0.188 e. The third-order valence-corrected chi connectivity index (χ3v) is 5.16. The quantitative estimate of drug-likeness (QED) is 0.710. The summed E-state index contributed by atoms with van der Waals surface area (Å²) in [6.07, 6.45) is 1.91. The first-order valence-corrected chi connectivity index (χ1v) is 9.28. The van der Waals surface area contributed by atoms with Gasteiger partial charge in [-0.2, -0.15) is 5.10 Å². The van der Waals surface area contributed by atoms with Crippen LogP contribution in [0.3, 0.4) is 0 Å². The van der Waals surface area contributed by atoms with Gasteiger partial charge in [-0.15, -0.1) is 0 Å². The molecular formula is C20H21BrN2O. The number of nitrogens with zero attached hydrogens (tertiary/aromatic N) is 2. The minimum atomic E-state index is 0.0119. The van der Waals surface area contributed by atoms with E-state index in [-0.39, 0.29) is 12.3 Å². The number of halogens is 1. The van der Waals surface area contributed by atoms with Crippen LogP contribution in [0, 0.1) is 5.92 Å². The maximum Gasteiger partial charge on any atom is 0.188 e. The van der Waals surface area contributed by atoms with Crippen LogP contribution in [0.15, 0.2) is 58.1 Å². The van der Waals surface area contributed by atoms with E-state index in [1.165, 1.54) is 11.1 Å². The molecular weight excluding hydrogens is 364 g/mol. The lowest BCUT2D eigenvalue weighted by atomic mass is 9.96. The molecule has 3 nitrogen and oxygen atoms in total. The first kappa shape index (κ1) is 15.7. The van der Waals surface area contributed by atoms with Crippen molar-refractivity contribution in [1.29, 1.82) is 0 Å². The second-order valence-electron chi connectivity index (χ2n) is 6.89. The number of fused-ring (bicyclic) bond motifs is 3. The fourth-order valence-electron chi connectivity index (χ4n) is 3.49. The van der Waals surface area contributed by atoms with Gasteiger partial charge in [0.25, 0.3) is 0 Å². The lowest BCUT2D eigenvalue weighted by Crippen LogP contribution is -2.41. The van der Waals surface area contributed by atoms with Crippen molar-refractivity contribution in [3.05, 3.63) is 64.1 Å². The number of hydrazone groups is 1. The van der Waals surface area contributed by atoms with E-state index in [2.05, 4.69) is 77.3 Å². The lowest BCUT2D eigenvalue weighted by molar-refractivity contribution is -0.0291. The molecule has 0 saturated carbocycles. The van der Waals surface area contributed by atoms with E-state index in [1.54, 1.807) is 0 Å². The molecule has 24 heavy (non-hydrogen) atoms. The van der Waals surface area contributed by atoms with Gasteiger partial charge in [0.1, 0.15) is 5.75 Å². The molecule has 0 fully saturated rings. The Morgan fingerprint density at radius 2 is 1.92 bits per heavy atom. The fourth-order valence-corrected chi connectivity index (χ4v) is 3.75. The van der Waals surface area contributed by atoms with Gasteiger partial charge in [0.05, 0.1) is 11.8 Å². The average molecular weight is 385 g/mol. The first-order valence-electron chi connectivity index (χ1n) is 8.49. The van der Waals surface area contributed by atoms with Crippen LogP contribution in [-0.4, -0.2) is 16.9 Å². The van der Waals surface area contributed by atoms with Gasteiger partial charge in [0.15, 0.2) is 6.23 Å². The van der Waals surface area contributed by atoms with Crippen molar-refractivity contribution in [3.63, 3.8) is 0 Å². The molecule has 4 heteroatoms. The van der Waals surface area contributed by atoms with E-state index in [4.69, 9.17) is 9.84 Å². The molecule has 0 aliphatic carbocycles. The Morgan fingerprint density at radius 3 is 2.67 bits per heavy atom. The predicted octanol–water partition coefficient (Wildman–Crippen LogP) is 5.36. The van der Waals surface area contributed by atoms with Crippen molar-refractivity contribution >= 4 is 21.6 Å². The highest BCUT2D eigenvalue weighted by molar-refractivity contribution is 9.10. The zero-order valence-electron chi connectivity index (χ0n) is 13.9. The number of hydrogen-bond donors (Lipinski definition) is 0. The van der Waals surface area contributed by atoms with Gasteiger partial charge in [0, 0.05) is 22.9 Å². The maximum absolute atomic E-state index is 6.27. The molecule has 0 radical (unpaired) electrons. The molecule has 2 aliphatic rings. The van der Waals surface area contributed by atoms with Crippen LogP contribution in [0.4, 0.5) is 0 Å². The van der Waals surface area contributed by atoms with E-state index < -0.39 is 0 Å². The summed E-state index contributed by atoms with van der Waals surface area (Å²) in [6, 6.07) is 17.1. The van der Waals surface area contributed by atoms with E-state index >= 15 is 0 Å². The van der Waals surface area contributed by atoms with Crippen LogP contribution in [-0.2, 0) is 0 Å². The number of ether oxygens (including phenoxy) is 1. The normalized spacial score (nSPS) is 22.0. The van der Waals surface area contributed by atoms with Crippen molar-refractivity contribution in [3.8, 4) is 5.75 Å². The topological polar surface area (TPSA) is 24.8 Å². The van der Waals surface area contributed by atoms with Gasteiger partial charge in [-0.1, -0.05) is 60.1 Å². The summed E-state index contributed by atoms with van der Waals surface area (Å²) in [5, 5.41) is 7.13. The maximum atomic E-state index is 6.27. The van der Waals surface area contributed by atoms with Gasteiger partial charge < -0.3 is 4.74 Å². The van der Waals surface area contributed by atoms with Crippen LogP contribution in [0.25, 0.3) is 0 Å². The molecule has 0 spiro atoms. The second-order valence-corrected chi connectivity index (χ2v) is 7.81. The highest BCUT2D eigenvalue weighted by Gasteiger charge is 2.40. The molecule has 2 atom stereocenters. The Balaban J connectivity index is 1.70. The Kier molecular flexibility index (Phi) is 4.09. The van der Waals surface area contributed by atoms with Gasteiger partial charge in [0.2, 0.25) is 0 Å². The largest absolute Gasteiger partial charge is 0.469 e. The molecule has 2 heterocycles. The minimum Gasteiger partial charge on any atom is -0.469 e. The molecule has 0 aromatic heterocycles. The van der Waals surface area contributed by atoms with Crippen molar-refractivity contribution in [1.82, 2.24) is 5.01 Å². The van der Waals surface area contributed by atoms with Crippen LogP contribution < -0.4 is 4.74 Å². The number of para-hydroxylation sites is 1. The molecule has 2 aromatic carbocycles. The molecule has 0 unspecified atom stereocenters. The van der Waals surface area contributed by atoms with E-state index in [0.717, 1.165) is 28.8 Å². The Bertz CT molecular complexity index is 769. The first-order chi connectivity index (χ1) is 11.6. The fraction of sp³-hybridized carbons (Fsp3) is 0.350.